The van der Waals surface area contributed by atoms with Crippen molar-refractivity contribution in [3.05, 3.63) is 40.4 Å². The summed E-state index contributed by atoms with van der Waals surface area (Å²) >= 11 is 0. The van der Waals surface area contributed by atoms with Gasteiger partial charge >= 0.3 is 12.1 Å². The molecule has 1 spiro atoms. The number of carboxylic acids is 1. The first-order valence-corrected chi connectivity index (χ1v) is 13.5. The van der Waals surface area contributed by atoms with Crippen LogP contribution in [0.1, 0.15) is 65.0 Å². The van der Waals surface area contributed by atoms with Crippen LogP contribution in [-0.4, -0.2) is 72.8 Å². The second-order valence-corrected chi connectivity index (χ2v) is 11.9. The van der Waals surface area contributed by atoms with Gasteiger partial charge in [0.05, 0.1) is 17.7 Å². The third-order valence-electron chi connectivity index (χ3n) is 7.71. The molecule has 1 aliphatic heterocycles. The molecule has 1 saturated heterocycles. The predicted molar refractivity (Wildman–Crippen MR) is 147 cm³/mol. The van der Waals surface area contributed by atoms with Gasteiger partial charge in [-0.1, -0.05) is 13.8 Å². The summed E-state index contributed by atoms with van der Waals surface area (Å²) in [6.07, 6.45) is 2.32. The van der Waals surface area contributed by atoms with Crippen LogP contribution in [0.2, 0.25) is 0 Å². The molecule has 5 rings (SSSR count). The van der Waals surface area contributed by atoms with E-state index in [4.69, 9.17) is 19.9 Å². The molecule has 11 nitrogen and oxygen atoms in total. The minimum atomic E-state index is -5.08. The molecule has 3 aromatic rings. The van der Waals surface area contributed by atoms with Crippen molar-refractivity contribution in [1.82, 2.24) is 24.7 Å². The average molecular weight is 580 g/mol. The molecule has 3 aromatic heterocycles. The van der Waals surface area contributed by atoms with Crippen LogP contribution in [0.15, 0.2) is 29.3 Å². The molecule has 0 bridgehead atoms. The number of alkyl halides is 3. The number of carboxylic acid groups (broad SMARTS) is 1. The van der Waals surface area contributed by atoms with Crippen LogP contribution in [-0.2, 0) is 10.2 Å². The second kappa shape index (κ2) is 11.3. The lowest BCUT2D eigenvalue weighted by atomic mass is 9.62. The van der Waals surface area contributed by atoms with Crippen LogP contribution >= 0.6 is 0 Å². The summed E-state index contributed by atoms with van der Waals surface area (Å²) in [5, 5.41) is 26.1. The Morgan fingerprint density at radius 2 is 1.95 bits per heavy atom. The number of hydrogen-bond acceptors (Lipinski definition) is 8. The Hall–Kier alpha value is -3.68. The molecule has 2 aliphatic rings. The van der Waals surface area contributed by atoms with Crippen molar-refractivity contribution in [1.29, 1.82) is 0 Å². The number of nitrogens with zero attached hydrogens (tertiary/aromatic N) is 5. The Morgan fingerprint density at radius 3 is 2.54 bits per heavy atom. The molecule has 14 heteroatoms. The highest BCUT2D eigenvalue weighted by Crippen LogP contribution is 2.48. The highest BCUT2D eigenvalue weighted by Gasteiger charge is 2.46. The zero-order chi connectivity index (χ0) is 30.2. The number of carbonyl (C=O) groups is 1. The molecule has 0 aromatic carbocycles. The van der Waals surface area contributed by atoms with E-state index in [2.05, 4.69) is 48.0 Å². The van der Waals surface area contributed by atoms with Gasteiger partial charge in [0.25, 0.3) is 0 Å². The van der Waals surface area contributed by atoms with Gasteiger partial charge in [0, 0.05) is 43.4 Å². The third-order valence-corrected chi connectivity index (χ3v) is 7.71. The number of rotatable bonds is 6. The first-order valence-electron chi connectivity index (χ1n) is 13.5. The highest BCUT2D eigenvalue weighted by atomic mass is 19.4. The maximum atomic E-state index is 11.8. The van der Waals surface area contributed by atoms with Crippen LogP contribution in [0.3, 0.4) is 0 Å². The summed E-state index contributed by atoms with van der Waals surface area (Å²) in [6.45, 7) is 10.8. The number of halogens is 3. The number of H-pyrrole nitrogens is 1. The lowest BCUT2D eigenvalue weighted by Crippen LogP contribution is -2.52. The van der Waals surface area contributed by atoms with Crippen LogP contribution in [0, 0.1) is 5.41 Å². The summed E-state index contributed by atoms with van der Waals surface area (Å²) in [4.78, 5) is 35.6. The fraction of sp³-hybridized carbons (Fsp3) is 0.593. The summed E-state index contributed by atoms with van der Waals surface area (Å²) in [5.41, 5.74) is 1.58. The fourth-order valence-electron chi connectivity index (χ4n) is 5.54. The number of aromatic nitrogens is 5. The zero-order valence-corrected chi connectivity index (χ0v) is 23.5. The molecule has 4 N–H and O–H groups in total. The van der Waals surface area contributed by atoms with Crippen LogP contribution in [0.5, 0.6) is 0 Å². The van der Waals surface area contributed by atoms with Crippen LogP contribution < -0.4 is 15.8 Å². The molecule has 224 valence electrons. The first-order chi connectivity index (χ1) is 19.1. The molecule has 1 aliphatic carbocycles. The Balaban J connectivity index is 0.000000493. The molecule has 41 heavy (non-hydrogen) atoms. The standard InChI is InChI=1S/C25H35N7O2.C2HF3O2/c1-16(2)32-22-19(13-28-32)21(31-9-5-7-25(15-31)11-18(33)12-25)29-23(30-22)27-14-24(3,4)17-6-8-26-20(34)10-17;3-2(4,5)1(6)7/h6,8,10,13,16,18,33H,5,7,9,11-12,14-15H2,1-4H3,(H,26,34)(H,27,29,30);(H,6,7). The van der Waals surface area contributed by atoms with Crippen molar-refractivity contribution in [3.8, 4) is 0 Å². The molecule has 2 fully saturated rings. The molecule has 0 amide bonds. The van der Waals surface area contributed by atoms with E-state index >= 15 is 0 Å². The zero-order valence-electron chi connectivity index (χ0n) is 23.5. The summed E-state index contributed by atoms with van der Waals surface area (Å²) < 4.78 is 33.7. The van der Waals surface area contributed by atoms with Gasteiger partial charge in [-0.2, -0.15) is 28.2 Å². The second-order valence-electron chi connectivity index (χ2n) is 11.9. The maximum Gasteiger partial charge on any atom is 0.490 e. The van der Waals surface area contributed by atoms with Gasteiger partial charge in [-0.3, -0.25) is 4.79 Å². The first kappa shape index (κ1) is 30.3. The van der Waals surface area contributed by atoms with Crippen molar-refractivity contribution in [2.24, 2.45) is 5.41 Å². The molecular weight excluding hydrogens is 543 g/mol. The van der Waals surface area contributed by atoms with Crippen LogP contribution in [0.4, 0.5) is 24.9 Å². The number of aromatic amines is 1. The summed E-state index contributed by atoms with van der Waals surface area (Å²) in [6, 6.07) is 3.76. The van der Waals surface area contributed by atoms with E-state index in [1.165, 1.54) is 0 Å². The van der Waals surface area contributed by atoms with Gasteiger partial charge in [-0.05, 0) is 56.6 Å². The molecule has 0 unspecified atom stereocenters. The predicted octanol–water partition coefficient (Wildman–Crippen LogP) is 3.86. The average Bonchev–Trinajstić information content (AvgIpc) is 3.31. The normalized spacial score (nSPS) is 21.0. The topological polar surface area (TPSA) is 149 Å². The molecule has 1 saturated carbocycles. The van der Waals surface area contributed by atoms with Gasteiger partial charge in [0.1, 0.15) is 5.82 Å². The van der Waals surface area contributed by atoms with E-state index in [9.17, 15) is 23.1 Å². The van der Waals surface area contributed by atoms with Crippen molar-refractivity contribution in [2.75, 3.05) is 29.9 Å². The van der Waals surface area contributed by atoms with E-state index in [1.54, 1.807) is 12.3 Å². The summed E-state index contributed by atoms with van der Waals surface area (Å²) in [5.74, 6) is -1.28. The van der Waals surface area contributed by atoms with Gasteiger partial charge < -0.3 is 25.4 Å². The van der Waals surface area contributed by atoms with E-state index < -0.39 is 12.1 Å². The minimum absolute atomic E-state index is 0.105. The molecular formula is C27H36F3N7O4. The largest absolute Gasteiger partial charge is 0.490 e. The van der Waals surface area contributed by atoms with Gasteiger partial charge in [0.2, 0.25) is 11.5 Å². The lowest BCUT2D eigenvalue weighted by Gasteiger charge is -2.51. The molecule has 0 radical (unpaired) electrons. The van der Waals surface area contributed by atoms with Gasteiger partial charge in [-0.15, -0.1) is 0 Å². The van der Waals surface area contributed by atoms with Gasteiger partial charge in [-0.25, -0.2) is 9.48 Å². The molecule has 0 atom stereocenters. The SMILES string of the molecule is CC(C)n1ncc2c(N3CCCC4(CC(O)C4)C3)nc(NCC(C)(C)c3cc[nH]c(=O)c3)nc21.O=C(O)C(F)(F)F. The number of hydrogen-bond donors (Lipinski definition) is 4. The summed E-state index contributed by atoms with van der Waals surface area (Å²) in [7, 11) is 0. The lowest BCUT2D eigenvalue weighted by molar-refractivity contribution is -0.192. The number of nitrogens with one attached hydrogen (secondary N) is 2. The number of fused-ring (bicyclic) bond motifs is 1. The number of aliphatic carboxylic acids is 1. The van der Waals surface area contributed by atoms with Crippen molar-refractivity contribution < 1.29 is 28.2 Å². The Bertz CT molecular complexity index is 1440. The quantitative estimate of drug-likeness (QED) is 0.342. The number of anilines is 2. The smallest absolute Gasteiger partial charge is 0.475 e. The van der Waals surface area contributed by atoms with Gasteiger partial charge in [0.15, 0.2) is 5.65 Å². The van der Waals surface area contributed by atoms with Crippen LogP contribution in [0.25, 0.3) is 11.0 Å². The Morgan fingerprint density at radius 1 is 1.27 bits per heavy atom. The van der Waals surface area contributed by atoms with Crippen molar-refractivity contribution >= 4 is 28.8 Å². The number of aliphatic hydroxyl groups excluding tert-OH is 1. The number of piperidine rings is 1. The van der Waals surface area contributed by atoms with E-state index in [0.717, 1.165) is 61.2 Å². The third kappa shape index (κ3) is 6.80. The highest BCUT2D eigenvalue weighted by molar-refractivity contribution is 5.88. The molecule has 4 heterocycles. The van der Waals surface area contributed by atoms with E-state index in [1.807, 2.05) is 16.9 Å². The van der Waals surface area contributed by atoms with Crippen molar-refractivity contribution in [2.45, 2.75) is 77.1 Å². The fourth-order valence-corrected chi connectivity index (χ4v) is 5.54. The number of aliphatic hydroxyl groups is 1. The van der Waals surface area contributed by atoms with E-state index in [0.29, 0.717) is 12.5 Å². The Kier molecular flexibility index (Phi) is 8.35. The Labute approximate surface area is 234 Å². The maximum absolute atomic E-state index is 11.8. The minimum Gasteiger partial charge on any atom is -0.475 e. The van der Waals surface area contributed by atoms with E-state index in [-0.39, 0.29) is 28.5 Å². The van der Waals surface area contributed by atoms with Crippen molar-refractivity contribution in [3.63, 3.8) is 0 Å². The number of pyridine rings is 1. The monoisotopic (exact) mass is 579 g/mol.